The number of nitrogens with two attached hydrogens (primary N) is 1. The summed E-state index contributed by atoms with van der Waals surface area (Å²) in [6.45, 7) is -0.611. The number of benzene rings is 3. The standard InChI is InChI=1S/C23H21N3O6S/c24-33(30,31)19-13-11-18(12-14-19)25-20(27)15-32-23(29)21(16-7-3-1-4-8-16)26-22(28)17-9-5-2-6-10-17/h1-14,21H,15H2,(H,25,27)(H,26,28)(H2,24,30,31)/t21-/m1/s1. The van der Waals surface area contributed by atoms with Crippen LogP contribution >= 0.6 is 0 Å². The van der Waals surface area contributed by atoms with Crippen LogP contribution < -0.4 is 15.8 Å². The third-order valence-corrected chi connectivity index (χ3v) is 5.42. The van der Waals surface area contributed by atoms with Gasteiger partial charge in [-0.1, -0.05) is 48.5 Å². The molecule has 10 heteroatoms. The highest BCUT2D eigenvalue weighted by atomic mass is 32.2. The number of rotatable bonds is 8. The molecule has 3 aromatic carbocycles. The van der Waals surface area contributed by atoms with Crippen LogP contribution in [-0.2, 0) is 24.3 Å². The fourth-order valence-corrected chi connectivity index (χ4v) is 3.39. The first-order valence-electron chi connectivity index (χ1n) is 9.74. The molecule has 0 aromatic heterocycles. The molecule has 0 unspecified atom stereocenters. The van der Waals surface area contributed by atoms with E-state index in [2.05, 4.69) is 10.6 Å². The van der Waals surface area contributed by atoms with E-state index in [1.165, 1.54) is 24.3 Å². The first-order valence-corrected chi connectivity index (χ1v) is 11.3. The first kappa shape index (κ1) is 23.6. The average Bonchev–Trinajstić information content (AvgIpc) is 2.81. The maximum atomic E-state index is 12.7. The molecule has 3 aromatic rings. The lowest BCUT2D eigenvalue weighted by molar-refractivity contribution is -0.149. The van der Waals surface area contributed by atoms with Gasteiger partial charge in [-0.25, -0.2) is 18.4 Å². The summed E-state index contributed by atoms with van der Waals surface area (Å²) in [5.41, 5.74) is 1.15. The Kier molecular flexibility index (Phi) is 7.54. The molecule has 0 spiro atoms. The number of hydrogen-bond acceptors (Lipinski definition) is 6. The topological polar surface area (TPSA) is 145 Å². The van der Waals surface area contributed by atoms with Gasteiger partial charge in [0.15, 0.2) is 12.6 Å². The Balaban J connectivity index is 1.64. The van der Waals surface area contributed by atoms with E-state index >= 15 is 0 Å². The van der Waals surface area contributed by atoms with Gasteiger partial charge in [0.05, 0.1) is 4.90 Å². The van der Waals surface area contributed by atoms with E-state index in [4.69, 9.17) is 9.88 Å². The van der Waals surface area contributed by atoms with Crippen molar-refractivity contribution >= 4 is 33.5 Å². The first-order chi connectivity index (χ1) is 15.7. The molecule has 0 aliphatic heterocycles. The van der Waals surface area contributed by atoms with Crippen molar-refractivity contribution in [2.75, 3.05) is 11.9 Å². The van der Waals surface area contributed by atoms with Crippen molar-refractivity contribution < 1.29 is 27.5 Å². The lowest BCUT2D eigenvalue weighted by atomic mass is 10.1. The van der Waals surface area contributed by atoms with E-state index in [9.17, 15) is 22.8 Å². The summed E-state index contributed by atoms with van der Waals surface area (Å²) in [5.74, 6) is -1.93. The summed E-state index contributed by atoms with van der Waals surface area (Å²) < 4.78 is 27.7. The Labute approximate surface area is 190 Å². The van der Waals surface area contributed by atoms with Gasteiger partial charge in [-0.3, -0.25) is 9.59 Å². The van der Waals surface area contributed by atoms with Crippen LogP contribution in [0.3, 0.4) is 0 Å². The van der Waals surface area contributed by atoms with Crippen LogP contribution in [0.4, 0.5) is 5.69 Å². The minimum atomic E-state index is -3.85. The molecule has 0 aliphatic carbocycles. The van der Waals surface area contributed by atoms with Crippen molar-refractivity contribution in [1.29, 1.82) is 0 Å². The van der Waals surface area contributed by atoms with Gasteiger partial charge in [0.2, 0.25) is 10.0 Å². The maximum Gasteiger partial charge on any atom is 0.333 e. The number of amides is 2. The molecule has 0 saturated carbocycles. The number of sulfonamides is 1. The van der Waals surface area contributed by atoms with Gasteiger partial charge >= 0.3 is 5.97 Å². The molecule has 1 atom stereocenters. The summed E-state index contributed by atoms with van der Waals surface area (Å²) in [5, 5.41) is 10.1. The Hall–Kier alpha value is -4.02. The van der Waals surface area contributed by atoms with E-state index < -0.39 is 40.5 Å². The normalized spacial score (nSPS) is 11.8. The number of esters is 1. The molecule has 33 heavy (non-hydrogen) atoms. The molecule has 4 N–H and O–H groups in total. The lowest BCUT2D eigenvalue weighted by Crippen LogP contribution is -2.36. The van der Waals surface area contributed by atoms with Gasteiger partial charge in [-0.2, -0.15) is 0 Å². The summed E-state index contributed by atoms with van der Waals surface area (Å²) in [4.78, 5) is 37.4. The fourth-order valence-electron chi connectivity index (χ4n) is 2.87. The molecule has 0 bridgehead atoms. The van der Waals surface area contributed by atoms with Gasteiger partial charge in [0.1, 0.15) is 0 Å². The Bertz CT molecular complexity index is 1230. The van der Waals surface area contributed by atoms with Gasteiger partial charge in [0.25, 0.3) is 11.8 Å². The van der Waals surface area contributed by atoms with E-state index in [1.807, 2.05) is 0 Å². The smallest absolute Gasteiger partial charge is 0.333 e. The number of carbonyl (C=O) groups is 3. The van der Waals surface area contributed by atoms with Crippen molar-refractivity contribution in [2.24, 2.45) is 5.14 Å². The largest absolute Gasteiger partial charge is 0.454 e. The van der Waals surface area contributed by atoms with Crippen LogP contribution in [0.2, 0.25) is 0 Å². The van der Waals surface area contributed by atoms with Crippen LogP contribution in [0.5, 0.6) is 0 Å². The minimum Gasteiger partial charge on any atom is -0.454 e. The Morgan fingerprint density at radius 2 is 1.42 bits per heavy atom. The zero-order valence-corrected chi connectivity index (χ0v) is 18.1. The van der Waals surface area contributed by atoms with Gasteiger partial charge in [-0.15, -0.1) is 0 Å². The zero-order chi connectivity index (χ0) is 23.8. The number of primary sulfonamides is 1. The molecule has 0 radical (unpaired) electrons. The second-order valence-corrected chi connectivity index (χ2v) is 8.47. The average molecular weight is 468 g/mol. The quantitative estimate of drug-likeness (QED) is 0.432. The summed E-state index contributed by atoms with van der Waals surface area (Å²) in [6.07, 6.45) is 0. The summed E-state index contributed by atoms with van der Waals surface area (Å²) in [6, 6.07) is 20.9. The minimum absolute atomic E-state index is 0.105. The van der Waals surface area contributed by atoms with Crippen LogP contribution in [0.25, 0.3) is 0 Å². The third kappa shape index (κ3) is 6.73. The molecular weight excluding hydrogens is 446 g/mol. The predicted molar refractivity (Wildman–Crippen MR) is 120 cm³/mol. The molecule has 0 saturated heterocycles. The van der Waals surface area contributed by atoms with Gasteiger partial charge in [0, 0.05) is 11.3 Å². The zero-order valence-electron chi connectivity index (χ0n) is 17.3. The summed E-state index contributed by atoms with van der Waals surface area (Å²) in [7, 11) is -3.85. The van der Waals surface area contributed by atoms with E-state index in [0.717, 1.165) is 0 Å². The third-order valence-electron chi connectivity index (χ3n) is 4.49. The van der Waals surface area contributed by atoms with Crippen molar-refractivity contribution in [1.82, 2.24) is 5.32 Å². The number of nitrogens with one attached hydrogen (secondary N) is 2. The maximum absolute atomic E-state index is 12.7. The fraction of sp³-hybridized carbons (Fsp3) is 0.0870. The van der Waals surface area contributed by atoms with Crippen molar-refractivity contribution in [3.05, 3.63) is 96.1 Å². The molecule has 9 nitrogen and oxygen atoms in total. The number of hydrogen-bond donors (Lipinski definition) is 3. The van der Waals surface area contributed by atoms with E-state index in [1.54, 1.807) is 60.7 Å². The molecular formula is C23H21N3O6S. The molecule has 0 aliphatic rings. The highest BCUT2D eigenvalue weighted by Gasteiger charge is 2.25. The predicted octanol–water partition coefficient (Wildman–Crippen LogP) is 1.99. The second-order valence-electron chi connectivity index (χ2n) is 6.91. The lowest BCUT2D eigenvalue weighted by Gasteiger charge is -2.18. The SMILES string of the molecule is NS(=O)(=O)c1ccc(NC(=O)COC(=O)[C@H](NC(=O)c2ccccc2)c2ccccc2)cc1. The van der Waals surface area contributed by atoms with Crippen LogP contribution in [0.1, 0.15) is 22.0 Å². The number of anilines is 1. The van der Waals surface area contributed by atoms with Crippen LogP contribution in [-0.4, -0.2) is 32.8 Å². The summed E-state index contributed by atoms with van der Waals surface area (Å²) >= 11 is 0. The Morgan fingerprint density at radius 1 is 0.848 bits per heavy atom. The van der Waals surface area contributed by atoms with Gasteiger partial charge in [-0.05, 0) is 42.0 Å². The number of ether oxygens (including phenoxy) is 1. The molecule has 170 valence electrons. The van der Waals surface area contributed by atoms with Crippen molar-refractivity contribution in [3.8, 4) is 0 Å². The molecule has 3 rings (SSSR count). The molecule has 0 fully saturated rings. The molecule has 2 amide bonds. The van der Waals surface area contributed by atoms with Gasteiger partial charge < -0.3 is 15.4 Å². The van der Waals surface area contributed by atoms with Crippen LogP contribution in [0.15, 0.2) is 89.8 Å². The van der Waals surface area contributed by atoms with E-state index in [-0.39, 0.29) is 4.90 Å². The monoisotopic (exact) mass is 467 g/mol. The highest BCUT2D eigenvalue weighted by molar-refractivity contribution is 7.89. The second kappa shape index (κ2) is 10.5. The van der Waals surface area contributed by atoms with Crippen molar-refractivity contribution in [2.45, 2.75) is 10.9 Å². The number of carbonyl (C=O) groups excluding carboxylic acids is 3. The van der Waals surface area contributed by atoms with Crippen LogP contribution in [0, 0.1) is 0 Å². The Morgan fingerprint density at radius 3 is 2.00 bits per heavy atom. The molecule has 0 heterocycles. The van der Waals surface area contributed by atoms with E-state index in [0.29, 0.717) is 16.8 Å². The highest BCUT2D eigenvalue weighted by Crippen LogP contribution is 2.16. The van der Waals surface area contributed by atoms with Crippen molar-refractivity contribution in [3.63, 3.8) is 0 Å².